The number of hydrogen-bond donors (Lipinski definition) is 2. The van der Waals surface area contributed by atoms with Crippen LogP contribution in [0.4, 0.5) is 4.79 Å². The Labute approximate surface area is 85.6 Å². The number of aliphatic hydroxyl groups is 1. The molecule has 0 aliphatic rings. The van der Waals surface area contributed by atoms with Crippen molar-refractivity contribution in [2.75, 3.05) is 13.2 Å². The first kappa shape index (κ1) is 13.2. The van der Waals surface area contributed by atoms with Crippen LogP contribution < -0.4 is 5.32 Å². The normalized spacial score (nSPS) is 12.6. The van der Waals surface area contributed by atoms with E-state index in [4.69, 9.17) is 9.84 Å². The van der Waals surface area contributed by atoms with Crippen LogP contribution in [0.25, 0.3) is 0 Å². The van der Waals surface area contributed by atoms with Gasteiger partial charge in [0.1, 0.15) is 6.61 Å². The Kier molecular flexibility index (Phi) is 7.20. The van der Waals surface area contributed by atoms with Crippen molar-refractivity contribution >= 4 is 6.09 Å². The number of carbonyl (C=O) groups is 1. The summed E-state index contributed by atoms with van der Waals surface area (Å²) in [6.45, 7) is 6.55. The molecule has 0 aromatic rings. The molecule has 0 aromatic carbocycles. The van der Waals surface area contributed by atoms with E-state index in [0.717, 1.165) is 12.8 Å². The van der Waals surface area contributed by atoms with Gasteiger partial charge in [-0.15, -0.1) is 0 Å². The standard InChI is InChI=1S/C10H21NO3/c1-8(2)5-4-6-11-10(13)14-7-9(3)12/h8-9,12H,4-7H2,1-3H3,(H,11,13). The van der Waals surface area contributed by atoms with Gasteiger partial charge in [0.15, 0.2) is 0 Å². The third-order valence-corrected chi connectivity index (χ3v) is 1.68. The number of hydrogen-bond acceptors (Lipinski definition) is 3. The molecule has 0 rings (SSSR count). The summed E-state index contributed by atoms with van der Waals surface area (Å²) < 4.78 is 4.71. The molecule has 0 fully saturated rings. The number of aliphatic hydroxyl groups excluding tert-OH is 1. The summed E-state index contributed by atoms with van der Waals surface area (Å²) in [6.07, 6.45) is 1.00. The highest BCUT2D eigenvalue weighted by Gasteiger charge is 2.03. The van der Waals surface area contributed by atoms with Crippen molar-refractivity contribution in [2.24, 2.45) is 5.92 Å². The third kappa shape index (κ3) is 9.32. The fraction of sp³-hybridized carbons (Fsp3) is 0.900. The van der Waals surface area contributed by atoms with Gasteiger partial charge in [-0.1, -0.05) is 13.8 Å². The lowest BCUT2D eigenvalue weighted by molar-refractivity contribution is 0.0780. The van der Waals surface area contributed by atoms with Gasteiger partial charge in [0.25, 0.3) is 0 Å². The maximum Gasteiger partial charge on any atom is 0.407 e. The van der Waals surface area contributed by atoms with E-state index in [9.17, 15) is 4.79 Å². The second-order valence-electron chi connectivity index (χ2n) is 3.91. The van der Waals surface area contributed by atoms with Gasteiger partial charge in [0, 0.05) is 6.54 Å². The van der Waals surface area contributed by atoms with Gasteiger partial charge in [0.05, 0.1) is 6.10 Å². The topological polar surface area (TPSA) is 58.6 Å². The minimum Gasteiger partial charge on any atom is -0.447 e. The van der Waals surface area contributed by atoms with Gasteiger partial charge in [-0.25, -0.2) is 4.79 Å². The molecule has 2 N–H and O–H groups in total. The number of amides is 1. The maximum absolute atomic E-state index is 10.9. The molecule has 0 aromatic heterocycles. The van der Waals surface area contributed by atoms with Crippen molar-refractivity contribution in [3.05, 3.63) is 0 Å². The summed E-state index contributed by atoms with van der Waals surface area (Å²) in [4.78, 5) is 10.9. The largest absolute Gasteiger partial charge is 0.447 e. The van der Waals surface area contributed by atoms with Crippen LogP contribution >= 0.6 is 0 Å². The first-order chi connectivity index (χ1) is 6.52. The Bertz CT molecular complexity index is 157. The molecule has 0 saturated carbocycles. The predicted molar refractivity (Wildman–Crippen MR) is 55.1 cm³/mol. The third-order valence-electron chi connectivity index (χ3n) is 1.68. The van der Waals surface area contributed by atoms with Crippen molar-refractivity contribution in [1.82, 2.24) is 5.32 Å². The first-order valence-corrected chi connectivity index (χ1v) is 5.11. The summed E-state index contributed by atoms with van der Waals surface area (Å²) in [5.41, 5.74) is 0. The minimum atomic E-state index is -0.601. The molecule has 1 unspecified atom stereocenters. The SMILES string of the molecule is CC(C)CCCNC(=O)OCC(C)O. The number of ether oxygens (including phenoxy) is 1. The highest BCUT2D eigenvalue weighted by atomic mass is 16.6. The Morgan fingerprint density at radius 2 is 2.07 bits per heavy atom. The van der Waals surface area contributed by atoms with Crippen molar-refractivity contribution in [2.45, 2.75) is 39.7 Å². The molecule has 14 heavy (non-hydrogen) atoms. The average Bonchev–Trinajstić information content (AvgIpc) is 2.08. The van der Waals surface area contributed by atoms with E-state index in [1.807, 2.05) is 0 Å². The lowest BCUT2D eigenvalue weighted by Gasteiger charge is -2.08. The molecule has 0 bridgehead atoms. The average molecular weight is 203 g/mol. The second kappa shape index (κ2) is 7.62. The highest BCUT2D eigenvalue weighted by Crippen LogP contribution is 2.01. The van der Waals surface area contributed by atoms with E-state index in [-0.39, 0.29) is 6.61 Å². The smallest absolute Gasteiger partial charge is 0.407 e. The van der Waals surface area contributed by atoms with E-state index in [0.29, 0.717) is 12.5 Å². The van der Waals surface area contributed by atoms with Crippen LogP contribution in [0, 0.1) is 5.92 Å². The quantitative estimate of drug-likeness (QED) is 0.644. The molecule has 0 saturated heterocycles. The Hall–Kier alpha value is -0.770. The lowest BCUT2D eigenvalue weighted by Crippen LogP contribution is -2.28. The Morgan fingerprint density at radius 1 is 1.43 bits per heavy atom. The maximum atomic E-state index is 10.9. The fourth-order valence-corrected chi connectivity index (χ4v) is 0.948. The van der Waals surface area contributed by atoms with Crippen molar-refractivity contribution < 1.29 is 14.6 Å². The zero-order valence-corrected chi connectivity index (χ0v) is 9.25. The Morgan fingerprint density at radius 3 is 2.57 bits per heavy atom. The molecule has 0 aliphatic heterocycles. The molecule has 0 spiro atoms. The van der Waals surface area contributed by atoms with Gasteiger partial charge in [-0.3, -0.25) is 0 Å². The van der Waals surface area contributed by atoms with Gasteiger partial charge in [-0.2, -0.15) is 0 Å². The minimum absolute atomic E-state index is 0.0516. The zero-order valence-electron chi connectivity index (χ0n) is 9.25. The molecule has 1 atom stereocenters. The summed E-state index contributed by atoms with van der Waals surface area (Å²) in [6, 6.07) is 0. The molecule has 1 amide bonds. The summed E-state index contributed by atoms with van der Waals surface area (Å²) >= 11 is 0. The van der Waals surface area contributed by atoms with Crippen LogP contribution in [0.2, 0.25) is 0 Å². The van der Waals surface area contributed by atoms with E-state index in [1.165, 1.54) is 0 Å². The number of nitrogens with one attached hydrogen (secondary N) is 1. The molecule has 0 heterocycles. The number of alkyl carbamates (subject to hydrolysis) is 1. The van der Waals surface area contributed by atoms with Crippen LogP contribution in [0.1, 0.15) is 33.6 Å². The number of carbonyl (C=O) groups excluding carboxylic acids is 1. The summed E-state index contributed by atoms with van der Waals surface area (Å²) in [5.74, 6) is 0.658. The van der Waals surface area contributed by atoms with Gasteiger partial charge in [-0.05, 0) is 25.7 Å². The lowest BCUT2D eigenvalue weighted by atomic mass is 10.1. The van der Waals surface area contributed by atoms with E-state index < -0.39 is 12.2 Å². The fourth-order valence-electron chi connectivity index (χ4n) is 0.948. The number of rotatable bonds is 6. The summed E-state index contributed by atoms with van der Waals surface area (Å²) in [5, 5.41) is 11.5. The molecule has 0 aliphatic carbocycles. The van der Waals surface area contributed by atoms with E-state index in [2.05, 4.69) is 19.2 Å². The molecular formula is C10H21NO3. The molecule has 84 valence electrons. The Balaban J connectivity index is 3.27. The molecule has 4 heteroatoms. The van der Waals surface area contributed by atoms with Gasteiger partial charge in [0.2, 0.25) is 0 Å². The van der Waals surface area contributed by atoms with Crippen LogP contribution in [-0.2, 0) is 4.74 Å². The van der Waals surface area contributed by atoms with Gasteiger partial charge < -0.3 is 15.2 Å². The second-order valence-corrected chi connectivity index (χ2v) is 3.91. The van der Waals surface area contributed by atoms with Crippen LogP contribution in [0.5, 0.6) is 0 Å². The van der Waals surface area contributed by atoms with Crippen molar-refractivity contribution in [3.63, 3.8) is 0 Å². The zero-order chi connectivity index (χ0) is 11.0. The van der Waals surface area contributed by atoms with E-state index in [1.54, 1.807) is 6.92 Å². The van der Waals surface area contributed by atoms with Gasteiger partial charge >= 0.3 is 6.09 Å². The van der Waals surface area contributed by atoms with Crippen molar-refractivity contribution in [1.29, 1.82) is 0 Å². The monoisotopic (exact) mass is 203 g/mol. The van der Waals surface area contributed by atoms with Crippen LogP contribution in [-0.4, -0.2) is 30.5 Å². The van der Waals surface area contributed by atoms with Crippen LogP contribution in [0.3, 0.4) is 0 Å². The predicted octanol–water partition coefficient (Wildman–Crippen LogP) is 1.53. The van der Waals surface area contributed by atoms with Crippen molar-refractivity contribution in [3.8, 4) is 0 Å². The van der Waals surface area contributed by atoms with E-state index >= 15 is 0 Å². The van der Waals surface area contributed by atoms with Crippen LogP contribution in [0.15, 0.2) is 0 Å². The first-order valence-electron chi connectivity index (χ1n) is 5.11. The molecule has 4 nitrogen and oxygen atoms in total. The molecular weight excluding hydrogens is 182 g/mol. The molecule has 0 radical (unpaired) electrons. The highest BCUT2D eigenvalue weighted by molar-refractivity contribution is 5.67. The summed E-state index contributed by atoms with van der Waals surface area (Å²) in [7, 11) is 0.